The standard InChI is InChI=1S/C14H20FNO2/c1-10-8-12(15)5-4-11(10)9-16-7-6-14(2,3)13(17)18/h4-5,8,16H,6-7,9H2,1-3H3,(H,17,18). The van der Waals surface area contributed by atoms with Crippen molar-refractivity contribution in [3.63, 3.8) is 0 Å². The summed E-state index contributed by atoms with van der Waals surface area (Å²) in [5.74, 6) is -1.02. The zero-order valence-corrected chi connectivity index (χ0v) is 11.1. The summed E-state index contributed by atoms with van der Waals surface area (Å²) in [6.07, 6.45) is 0.558. The average Bonchev–Trinajstić information content (AvgIpc) is 2.26. The van der Waals surface area contributed by atoms with Gasteiger partial charge >= 0.3 is 5.97 Å². The van der Waals surface area contributed by atoms with E-state index in [1.165, 1.54) is 12.1 Å². The molecule has 0 aliphatic carbocycles. The maximum atomic E-state index is 12.9. The largest absolute Gasteiger partial charge is 0.481 e. The predicted octanol–water partition coefficient (Wildman–Crippen LogP) is 2.72. The molecule has 0 radical (unpaired) electrons. The van der Waals surface area contributed by atoms with Crippen molar-refractivity contribution >= 4 is 5.97 Å². The Balaban J connectivity index is 2.41. The summed E-state index contributed by atoms with van der Waals surface area (Å²) in [4.78, 5) is 10.9. The molecule has 0 amide bonds. The number of benzene rings is 1. The van der Waals surface area contributed by atoms with Crippen LogP contribution in [0.2, 0.25) is 0 Å². The van der Waals surface area contributed by atoms with Crippen LogP contribution in [0.25, 0.3) is 0 Å². The third kappa shape index (κ3) is 4.11. The van der Waals surface area contributed by atoms with Gasteiger partial charge in [0.15, 0.2) is 0 Å². The molecule has 0 aliphatic rings. The number of carbonyl (C=O) groups is 1. The first kappa shape index (κ1) is 14.6. The summed E-state index contributed by atoms with van der Waals surface area (Å²) < 4.78 is 12.9. The fraction of sp³-hybridized carbons (Fsp3) is 0.500. The van der Waals surface area contributed by atoms with Crippen molar-refractivity contribution in [2.45, 2.75) is 33.7 Å². The Morgan fingerprint density at radius 3 is 2.67 bits per heavy atom. The quantitative estimate of drug-likeness (QED) is 0.766. The van der Waals surface area contributed by atoms with Crippen molar-refractivity contribution in [1.82, 2.24) is 5.32 Å². The summed E-state index contributed by atoms with van der Waals surface area (Å²) in [5.41, 5.74) is 1.22. The molecule has 2 N–H and O–H groups in total. The van der Waals surface area contributed by atoms with Gasteiger partial charge in [-0.05, 0) is 57.0 Å². The van der Waals surface area contributed by atoms with Crippen LogP contribution in [-0.4, -0.2) is 17.6 Å². The lowest BCUT2D eigenvalue weighted by molar-refractivity contribution is -0.147. The van der Waals surface area contributed by atoms with Gasteiger partial charge in [-0.3, -0.25) is 4.79 Å². The topological polar surface area (TPSA) is 49.3 Å². The van der Waals surface area contributed by atoms with Gasteiger partial charge in [0.05, 0.1) is 5.41 Å². The van der Waals surface area contributed by atoms with Crippen molar-refractivity contribution < 1.29 is 14.3 Å². The maximum absolute atomic E-state index is 12.9. The number of carboxylic acid groups (broad SMARTS) is 1. The Hall–Kier alpha value is -1.42. The van der Waals surface area contributed by atoms with Gasteiger partial charge in [0.2, 0.25) is 0 Å². The highest BCUT2D eigenvalue weighted by Gasteiger charge is 2.25. The Morgan fingerprint density at radius 1 is 1.44 bits per heavy atom. The van der Waals surface area contributed by atoms with Crippen LogP contribution in [0.5, 0.6) is 0 Å². The van der Waals surface area contributed by atoms with E-state index >= 15 is 0 Å². The molecule has 0 atom stereocenters. The van der Waals surface area contributed by atoms with E-state index in [4.69, 9.17) is 5.11 Å². The molecule has 1 aromatic rings. The first-order valence-corrected chi connectivity index (χ1v) is 6.02. The normalized spacial score (nSPS) is 11.6. The van der Waals surface area contributed by atoms with Crippen molar-refractivity contribution in [2.24, 2.45) is 5.41 Å². The zero-order chi connectivity index (χ0) is 13.8. The Labute approximate surface area is 107 Å². The average molecular weight is 253 g/mol. The molecule has 1 aromatic carbocycles. The predicted molar refractivity (Wildman–Crippen MR) is 68.9 cm³/mol. The molecule has 0 spiro atoms. The first-order valence-electron chi connectivity index (χ1n) is 6.02. The van der Waals surface area contributed by atoms with Crippen LogP contribution in [0.15, 0.2) is 18.2 Å². The van der Waals surface area contributed by atoms with Crippen molar-refractivity contribution in [2.75, 3.05) is 6.54 Å². The monoisotopic (exact) mass is 253 g/mol. The SMILES string of the molecule is Cc1cc(F)ccc1CNCCC(C)(C)C(=O)O. The molecule has 0 bridgehead atoms. The van der Waals surface area contributed by atoms with Crippen LogP contribution in [0.1, 0.15) is 31.4 Å². The number of rotatable bonds is 6. The van der Waals surface area contributed by atoms with Crippen LogP contribution < -0.4 is 5.32 Å². The van der Waals surface area contributed by atoms with Gasteiger partial charge in [-0.2, -0.15) is 0 Å². The molecule has 0 aromatic heterocycles. The first-order chi connectivity index (χ1) is 8.33. The maximum Gasteiger partial charge on any atom is 0.309 e. The minimum atomic E-state index is -0.790. The molecule has 0 saturated heterocycles. The fourth-order valence-corrected chi connectivity index (χ4v) is 1.59. The van der Waals surface area contributed by atoms with E-state index in [0.29, 0.717) is 19.5 Å². The van der Waals surface area contributed by atoms with Gasteiger partial charge in [-0.1, -0.05) is 6.07 Å². The molecule has 0 saturated carbocycles. The van der Waals surface area contributed by atoms with Gasteiger partial charge in [0.25, 0.3) is 0 Å². The highest BCUT2D eigenvalue weighted by molar-refractivity contribution is 5.73. The number of halogens is 1. The second-order valence-corrected chi connectivity index (χ2v) is 5.19. The number of hydrogen-bond acceptors (Lipinski definition) is 2. The van der Waals surface area contributed by atoms with Crippen molar-refractivity contribution in [1.29, 1.82) is 0 Å². The minimum absolute atomic E-state index is 0.233. The minimum Gasteiger partial charge on any atom is -0.481 e. The second-order valence-electron chi connectivity index (χ2n) is 5.19. The van der Waals surface area contributed by atoms with E-state index in [1.54, 1.807) is 19.9 Å². The van der Waals surface area contributed by atoms with Gasteiger partial charge in [-0.25, -0.2) is 4.39 Å². The highest BCUT2D eigenvalue weighted by Crippen LogP contribution is 2.19. The van der Waals surface area contributed by atoms with Crippen LogP contribution in [-0.2, 0) is 11.3 Å². The molecule has 1 rings (SSSR count). The molecule has 3 nitrogen and oxygen atoms in total. The molecule has 0 fully saturated rings. The molecular weight excluding hydrogens is 233 g/mol. The smallest absolute Gasteiger partial charge is 0.309 e. The van der Waals surface area contributed by atoms with Gasteiger partial charge in [0, 0.05) is 6.54 Å². The van der Waals surface area contributed by atoms with E-state index in [-0.39, 0.29) is 5.82 Å². The summed E-state index contributed by atoms with van der Waals surface area (Å²) >= 11 is 0. The van der Waals surface area contributed by atoms with E-state index in [2.05, 4.69) is 5.32 Å². The lowest BCUT2D eigenvalue weighted by Gasteiger charge is -2.19. The summed E-state index contributed by atoms with van der Waals surface area (Å²) in [6, 6.07) is 4.68. The van der Waals surface area contributed by atoms with Crippen LogP contribution >= 0.6 is 0 Å². The van der Waals surface area contributed by atoms with Gasteiger partial charge in [-0.15, -0.1) is 0 Å². The summed E-state index contributed by atoms with van der Waals surface area (Å²) in [7, 11) is 0. The number of aryl methyl sites for hydroxylation is 1. The van der Waals surface area contributed by atoms with Crippen molar-refractivity contribution in [3.8, 4) is 0 Å². The van der Waals surface area contributed by atoms with Gasteiger partial charge in [0.1, 0.15) is 5.82 Å². The van der Waals surface area contributed by atoms with Crippen LogP contribution in [0.4, 0.5) is 4.39 Å². The van der Waals surface area contributed by atoms with Crippen LogP contribution in [0.3, 0.4) is 0 Å². The summed E-state index contributed by atoms with van der Waals surface area (Å²) in [6.45, 7) is 6.53. The third-order valence-corrected chi connectivity index (χ3v) is 3.13. The molecule has 4 heteroatoms. The summed E-state index contributed by atoms with van der Waals surface area (Å²) in [5, 5.41) is 12.1. The number of nitrogens with one attached hydrogen (secondary N) is 1. The van der Waals surface area contributed by atoms with E-state index in [9.17, 15) is 9.18 Å². The lowest BCUT2D eigenvalue weighted by atomic mass is 9.90. The van der Waals surface area contributed by atoms with E-state index in [0.717, 1.165) is 11.1 Å². The third-order valence-electron chi connectivity index (χ3n) is 3.13. The Bertz CT molecular complexity index is 430. The van der Waals surface area contributed by atoms with E-state index in [1.807, 2.05) is 6.92 Å². The second kappa shape index (κ2) is 5.96. The fourth-order valence-electron chi connectivity index (χ4n) is 1.59. The molecule has 100 valence electrons. The van der Waals surface area contributed by atoms with E-state index < -0.39 is 11.4 Å². The van der Waals surface area contributed by atoms with Crippen molar-refractivity contribution in [3.05, 3.63) is 35.1 Å². The Morgan fingerprint density at radius 2 is 2.11 bits per heavy atom. The lowest BCUT2D eigenvalue weighted by Crippen LogP contribution is -2.28. The molecule has 0 unspecified atom stereocenters. The molecule has 0 aliphatic heterocycles. The van der Waals surface area contributed by atoms with Gasteiger partial charge < -0.3 is 10.4 Å². The molecular formula is C14H20FNO2. The molecule has 18 heavy (non-hydrogen) atoms. The number of aliphatic carboxylic acids is 1. The Kier molecular flexibility index (Phi) is 4.84. The number of hydrogen-bond donors (Lipinski definition) is 2. The zero-order valence-electron chi connectivity index (χ0n) is 11.1. The molecule has 0 heterocycles. The highest BCUT2D eigenvalue weighted by atomic mass is 19.1. The number of carboxylic acids is 1. The van der Waals surface area contributed by atoms with Crippen LogP contribution in [0, 0.1) is 18.2 Å².